The van der Waals surface area contributed by atoms with Crippen LogP contribution in [-0.2, 0) is 10.1 Å². The first-order valence-electron chi connectivity index (χ1n) is 7.06. The molecule has 19 heavy (non-hydrogen) atoms. The summed E-state index contributed by atoms with van der Waals surface area (Å²) in [6, 6.07) is 0. The zero-order valence-electron chi connectivity index (χ0n) is 12.6. The monoisotopic (exact) mass is 318 g/mol. The molecule has 0 radical (unpaired) electrons. The Bertz CT molecular complexity index is 293. The normalized spacial score (nSPS) is 14.7. The van der Waals surface area contributed by atoms with Gasteiger partial charge in [0, 0.05) is 0 Å². The van der Waals surface area contributed by atoms with Crippen LogP contribution in [-0.4, -0.2) is 29.4 Å². The van der Waals surface area contributed by atoms with Crippen LogP contribution in [0.25, 0.3) is 0 Å². The predicted octanol–water partition coefficient (Wildman–Crippen LogP) is -0.184. The molecule has 4 nitrogen and oxygen atoms in total. The largest absolute Gasteiger partial charge is 1.00 e. The third kappa shape index (κ3) is 11.8. The first-order chi connectivity index (χ1) is 8.43. The Hall–Kier alpha value is 1.51. The Labute approximate surface area is 160 Å². The van der Waals surface area contributed by atoms with Crippen LogP contribution in [0.15, 0.2) is 0 Å². The molecule has 1 N–H and O–H groups in total. The van der Waals surface area contributed by atoms with Crippen LogP contribution in [0.1, 0.15) is 71.6 Å². The molecule has 0 aromatic heterocycles. The zero-order chi connectivity index (χ0) is 14.0. The summed E-state index contributed by atoms with van der Waals surface area (Å²) < 4.78 is 33.1. The second kappa shape index (κ2) is 13.2. The molecule has 0 fully saturated rings. The van der Waals surface area contributed by atoms with Crippen LogP contribution in [0.3, 0.4) is 0 Å². The number of aliphatic hydroxyl groups excluding tert-OH is 1. The summed E-state index contributed by atoms with van der Waals surface area (Å²) in [5, 5.41) is 8.42. The minimum Gasteiger partial charge on any atom is -0.748 e. The minimum atomic E-state index is -4.38. The molecule has 0 bridgehead atoms. The van der Waals surface area contributed by atoms with E-state index in [0.29, 0.717) is 12.8 Å². The first kappa shape index (κ1) is 22.8. The molecule has 0 aliphatic carbocycles. The van der Waals surface area contributed by atoms with Gasteiger partial charge in [-0.05, 0) is 12.8 Å². The summed E-state index contributed by atoms with van der Waals surface area (Å²) in [6.07, 6.45) is 7.13. The molecule has 2 atom stereocenters. The van der Waals surface area contributed by atoms with E-state index in [1.807, 2.05) is 0 Å². The molecule has 0 rings (SSSR count). The minimum absolute atomic E-state index is 0. The van der Waals surface area contributed by atoms with Gasteiger partial charge in [0.25, 0.3) is 0 Å². The van der Waals surface area contributed by atoms with Gasteiger partial charge >= 0.3 is 51.4 Å². The van der Waals surface area contributed by atoms with Crippen molar-refractivity contribution in [3.63, 3.8) is 0 Å². The van der Waals surface area contributed by atoms with Gasteiger partial charge in [-0.15, -0.1) is 0 Å². The molecule has 6 heteroatoms. The second-order valence-corrected chi connectivity index (χ2v) is 6.51. The van der Waals surface area contributed by atoms with E-state index in [4.69, 9.17) is 0 Å². The van der Waals surface area contributed by atoms with E-state index in [1.165, 1.54) is 25.7 Å². The van der Waals surface area contributed by atoms with Gasteiger partial charge in [0.05, 0.1) is 11.4 Å². The molecule has 0 saturated heterocycles. The Morgan fingerprint density at radius 3 is 1.89 bits per heavy atom. The number of unbranched alkanes of at least 4 members (excludes halogenated alkanes) is 6. The average Bonchev–Trinajstić information content (AvgIpc) is 2.30. The topological polar surface area (TPSA) is 77.4 Å². The summed E-state index contributed by atoms with van der Waals surface area (Å²) in [5.41, 5.74) is 0. The summed E-state index contributed by atoms with van der Waals surface area (Å²) in [4.78, 5) is 0. The van der Waals surface area contributed by atoms with Crippen molar-refractivity contribution in [3.05, 3.63) is 0 Å². The van der Waals surface area contributed by atoms with Gasteiger partial charge in [-0.3, -0.25) is 0 Å². The number of hydrogen-bond donors (Lipinski definition) is 1. The van der Waals surface area contributed by atoms with E-state index in [-0.39, 0.29) is 57.8 Å². The van der Waals surface area contributed by atoms with Crippen molar-refractivity contribution >= 4 is 10.1 Å². The molecule has 110 valence electrons. The van der Waals surface area contributed by atoms with Crippen molar-refractivity contribution in [1.29, 1.82) is 0 Å². The molecule has 0 amide bonds. The van der Waals surface area contributed by atoms with E-state index >= 15 is 0 Å². The molecular formula is C13H27KO4S. The third-order valence-electron chi connectivity index (χ3n) is 3.31. The SMILES string of the molecule is CCCCCCCCCC(C(O)CC)S(=O)(=O)[O-].[K+]. The van der Waals surface area contributed by atoms with Gasteiger partial charge in [0.15, 0.2) is 0 Å². The van der Waals surface area contributed by atoms with Crippen LogP contribution in [0.2, 0.25) is 0 Å². The Balaban J connectivity index is 0. The molecule has 0 aromatic carbocycles. The van der Waals surface area contributed by atoms with E-state index in [0.717, 1.165) is 12.8 Å². The maximum absolute atomic E-state index is 11.0. The molecule has 0 saturated carbocycles. The summed E-state index contributed by atoms with van der Waals surface area (Å²) in [7, 11) is -4.38. The molecule has 0 aliphatic rings. The summed E-state index contributed by atoms with van der Waals surface area (Å²) >= 11 is 0. The fraction of sp³-hybridized carbons (Fsp3) is 1.00. The molecule has 2 unspecified atom stereocenters. The second-order valence-electron chi connectivity index (χ2n) is 4.92. The van der Waals surface area contributed by atoms with Gasteiger partial charge in [-0.1, -0.05) is 58.8 Å². The zero-order valence-corrected chi connectivity index (χ0v) is 16.5. The quantitative estimate of drug-likeness (QED) is 0.326. The standard InChI is InChI=1S/C13H28O4S.K/c1-3-5-6-7-8-9-10-11-13(12(14)4-2)18(15,16)17;/h12-14H,3-11H2,1-2H3,(H,15,16,17);/q;+1/p-1. The van der Waals surface area contributed by atoms with Gasteiger partial charge in [-0.2, -0.15) is 0 Å². The molecule has 0 aliphatic heterocycles. The predicted molar refractivity (Wildman–Crippen MR) is 72.4 cm³/mol. The van der Waals surface area contributed by atoms with Crippen molar-refractivity contribution < 1.29 is 69.5 Å². The van der Waals surface area contributed by atoms with Gasteiger partial charge < -0.3 is 9.66 Å². The maximum Gasteiger partial charge on any atom is 1.00 e. The fourth-order valence-electron chi connectivity index (χ4n) is 2.09. The van der Waals surface area contributed by atoms with Crippen molar-refractivity contribution in [2.24, 2.45) is 0 Å². The molecular weight excluding hydrogens is 291 g/mol. The Morgan fingerprint density at radius 2 is 1.47 bits per heavy atom. The molecule has 0 spiro atoms. The van der Waals surface area contributed by atoms with Crippen LogP contribution >= 0.6 is 0 Å². The van der Waals surface area contributed by atoms with Crippen molar-refractivity contribution in [2.45, 2.75) is 83.0 Å². The van der Waals surface area contributed by atoms with Gasteiger partial charge in [0.2, 0.25) is 0 Å². The van der Waals surface area contributed by atoms with E-state index in [1.54, 1.807) is 6.92 Å². The number of hydrogen-bond acceptors (Lipinski definition) is 4. The van der Waals surface area contributed by atoms with Crippen molar-refractivity contribution in [2.75, 3.05) is 0 Å². The number of aliphatic hydroxyl groups is 1. The van der Waals surface area contributed by atoms with Crippen molar-refractivity contribution in [1.82, 2.24) is 0 Å². The van der Waals surface area contributed by atoms with E-state index in [9.17, 15) is 18.1 Å². The van der Waals surface area contributed by atoms with Gasteiger partial charge in [0.1, 0.15) is 10.1 Å². The Kier molecular flexibility index (Phi) is 15.8. The molecule has 0 heterocycles. The first-order valence-corrected chi connectivity index (χ1v) is 8.53. The third-order valence-corrected chi connectivity index (χ3v) is 4.60. The number of rotatable bonds is 11. The average molecular weight is 319 g/mol. The van der Waals surface area contributed by atoms with E-state index in [2.05, 4.69) is 6.92 Å². The Morgan fingerprint density at radius 1 is 1.00 bits per heavy atom. The van der Waals surface area contributed by atoms with Gasteiger partial charge in [-0.25, -0.2) is 8.42 Å². The van der Waals surface area contributed by atoms with Crippen LogP contribution in [0.5, 0.6) is 0 Å². The fourth-order valence-corrected chi connectivity index (χ4v) is 3.13. The smallest absolute Gasteiger partial charge is 0.748 e. The van der Waals surface area contributed by atoms with Crippen LogP contribution in [0.4, 0.5) is 0 Å². The van der Waals surface area contributed by atoms with Crippen LogP contribution < -0.4 is 51.4 Å². The molecule has 0 aromatic rings. The maximum atomic E-state index is 11.0. The van der Waals surface area contributed by atoms with E-state index < -0.39 is 21.5 Å². The summed E-state index contributed by atoms with van der Waals surface area (Å²) in [5.74, 6) is 0. The van der Waals surface area contributed by atoms with Crippen LogP contribution in [0, 0.1) is 0 Å². The summed E-state index contributed by atoms with van der Waals surface area (Å²) in [6.45, 7) is 3.85. The van der Waals surface area contributed by atoms with Crippen molar-refractivity contribution in [3.8, 4) is 0 Å².